The zero-order valence-corrected chi connectivity index (χ0v) is 10.5. The molecule has 0 fully saturated rings. The molecular formula is C10H12INO2. The van der Waals surface area contributed by atoms with Crippen molar-refractivity contribution in [3.63, 3.8) is 0 Å². The van der Waals surface area contributed by atoms with Crippen LogP contribution in [0.4, 0.5) is 0 Å². The summed E-state index contributed by atoms with van der Waals surface area (Å²) in [5, 5.41) is 0. The van der Waals surface area contributed by atoms with E-state index in [2.05, 4.69) is 27.6 Å². The minimum Gasteiger partial charge on any atom is -0.456 e. The molecule has 0 bridgehead atoms. The molecule has 1 aromatic rings. The van der Waals surface area contributed by atoms with E-state index < -0.39 is 5.60 Å². The summed E-state index contributed by atoms with van der Waals surface area (Å²) in [5.74, 6) is -0.324. The minimum atomic E-state index is -0.462. The minimum absolute atomic E-state index is 0.324. The Morgan fingerprint density at radius 2 is 2.14 bits per heavy atom. The molecule has 0 aromatic carbocycles. The first-order valence-corrected chi connectivity index (χ1v) is 5.31. The highest BCUT2D eigenvalue weighted by molar-refractivity contribution is 14.1. The maximum atomic E-state index is 11.6. The van der Waals surface area contributed by atoms with Crippen LogP contribution in [0.2, 0.25) is 0 Å². The highest BCUT2D eigenvalue weighted by Crippen LogP contribution is 2.15. The Morgan fingerprint density at radius 3 is 2.64 bits per heavy atom. The van der Waals surface area contributed by atoms with Crippen molar-refractivity contribution in [3.8, 4) is 0 Å². The van der Waals surface area contributed by atoms with E-state index in [9.17, 15) is 4.79 Å². The summed E-state index contributed by atoms with van der Waals surface area (Å²) in [6.07, 6.45) is 3.17. The first-order valence-electron chi connectivity index (χ1n) is 4.23. The molecule has 0 spiro atoms. The van der Waals surface area contributed by atoms with Crippen molar-refractivity contribution >= 4 is 28.6 Å². The van der Waals surface area contributed by atoms with Gasteiger partial charge in [0.05, 0.1) is 5.56 Å². The standard InChI is InChI=1S/C10H12INO2/c1-10(2,3)14-9(13)7-6-12-5-4-8(7)11/h4-6H,1-3H3. The van der Waals surface area contributed by atoms with Crippen molar-refractivity contribution < 1.29 is 9.53 Å². The third kappa shape index (κ3) is 3.25. The van der Waals surface area contributed by atoms with Gasteiger partial charge in [0.2, 0.25) is 0 Å². The van der Waals surface area contributed by atoms with Crippen LogP contribution in [0.5, 0.6) is 0 Å². The second kappa shape index (κ2) is 4.25. The molecule has 0 aliphatic heterocycles. The first kappa shape index (κ1) is 11.4. The largest absolute Gasteiger partial charge is 0.456 e. The quantitative estimate of drug-likeness (QED) is 0.591. The Balaban J connectivity index is 2.86. The van der Waals surface area contributed by atoms with Gasteiger partial charge in [0.1, 0.15) is 5.60 Å². The van der Waals surface area contributed by atoms with E-state index in [0.29, 0.717) is 5.56 Å². The normalized spacial score (nSPS) is 11.1. The Morgan fingerprint density at radius 1 is 1.50 bits per heavy atom. The SMILES string of the molecule is CC(C)(C)OC(=O)c1cnccc1I. The Hall–Kier alpha value is -0.650. The van der Waals surface area contributed by atoms with E-state index in [0.717, 1.165) is 3.57 Å². The summed E-state index contributed by atoms with van der Waals surface area (Å²) in [6.45, 7) is 5.52. The van der Waals surface area contributed by atoms with E-state index in [4.69, 9.17) is 4.74 Å². The number of halogens is 1. The van der Waals surface area contributed by atoms with Gasteiger partial charge in [-0.2, -0.15) is 0 Å². The molecule has 0 unspecified atom stereocenters. The highest BCUT2D eigenvalue weighted by Gasteiger charge is 2.19. The molecule has 14 heavy (non-hydrogen) atoms. The second-order valence-corrected chi connectivity index (χ2v) is 5.02. The van der Waals surface area contributed by atoms with Gasteiger partial charge < -0.3 is 4.74 Å². The Labute approximate surface area is 97.0 Å². The third-order valence-corrected chi connectivity index (χ3v) is 2.33. The van der Waals surface area contributed by atoms with E-state index in [1.807, 2.05) is 20.8 Å². The molecule has 0 saturated heterocycles. The van der Waals surface area contributed by atoms with Crippen molar-refractivity contribution in [2.75, 3.05) is 0 Å². The summed E-state index contributed by atoms with van der Waals surface area (Å²) in [4.78, 5) is 15.5. The van der Waals surface area contributed by atoms with Crippen LogP contribution in [-0.4, -0.2) is 16.6 Å². The first-order chi connectivity index (χ1) is 6.40. The Kier molecular flexibility index (Phi) is 3.47. The molecule has 0 aliphatic rings. The number of hydrogen-bond donors (Lipinski definition) is 0. The van der Waals surface area contributed by atoms with Crippen molar-refractivity contribution in [1.82, 2.24) is 4.98 Å². The van der Waals surface area contributed by atoms with Crippen LogP contribution in [0, 0.1) is 3.57 Å². The fourth-order valence-electron chi connectivity index (χ4n) is 0.861. The Bertz CT molecular complexity index is 344. The predicted octanol–water partition coefficient (Wildman–Crippen LogP) is 2.64. The number of ether oxygens (including phenoxy) is 1. The number of esters is 1. The fraction of sp³-hybridized carbons (Fsp3) is 0.400. The average Bonchev–Trinajstić information content (AvgIpc) is 2.01. The lowest BCUT2D eigenvalue weighted by atomic mass is 10.2. The summed E-state index contributed by atoms with van der Waals surface area (Å²) >= 11 is 2.09. The lowest BCUT2D eigenvalue weighted by molar-refractivity contribution is 0.00679. The van der Waals surface area contributed by atoms with Gasteiger partial charge >= 0.3 is 5.97 Å². The van der Waals surface area contributed by atoms with Gasteiger partial charge in [-0.15, -0.1) is 0 Å². The van der Waals surface area contributed by atoms with Gasteiger partial charge in [-0.1, -0.05) is 0 Å². The van der Waals surface area contributed by atoms with Gasteiger partial charge in [-0.25, -0.2) is 4.79 Å². The number of aromatic nitrogens is 1. The van der Waals surface area contributed by atoms with Crippen LogP contribution < -0.4 is 0 Å². The van der Waals surface area contributed by atoms with Crippen LogP contribution in [0.3, 0.4) is 0 Å². The molecule has 0 radical (unpaired) electrons. The predicted molar refractivity (Wildman–Crippen MR) is 62.1 cm³/mol. The molecule has 1 heterocycles. The molecule has 0 aliphatic carbocycles. The van der Waals surface area contributed by atoms with Gasteiger partial charge in [0.25, 0.3) is 0 Å². The summed E-state index contributed by atoms with van der Waals surface area (Å²) in [7, 11) is 0. The van der Waals surface area contributed by atoms with Gasteiger partial charge in [-0.05, 0) is 49.4 Å². The molecule has 0 amide bonds. The van der Waals surface area contributed by atoms with E-state index in [-0.39, 0.29) is 5.97 Å². The number of nitrogens with zero attached hydrogens (tertiary/aromatic N) is 1. The molecule has 3 nitrogen and oxygen atoms in total. The second-order valence-electron chi connectivity index (χ2n) is 3.86. The third-order valence-electron chi connectivity index (χ3n) is 1.39. The average molecular weight is 305 g/mol. The molecular weight excluding hydrogens is 293 g/mol. The van der Waals surface area contributed by atoms with E-state index in [1.54, 1.807) is 12.3 Å². The van der Waals surface area contributed by atoms with Gasteiger partial charge in [0.15, 0.2) is 0 Å². The number of carbonyl (C=O) groups is 1. The number of hydrogen-bond acceptors (Lipinski definition) is 3. The van der Waals surface area contributed by atoms with Crippen LogP contribution in [0.15, 0.2) is 18.5 Å². The summed E-state index contributed by atoms with van der Waals surface area (Å²) in [5.41, 5.74) is 0.0544. The molecule has 0 saturated carbocycles. The van der Waals surface area contributed by atoms with Crippen LogP contribution >= 0.6 is 22.6 Å². The molecule has 4 heteroatoms. The molecule has 0 atom stereocenters. The van der Waals surface area contributed by atoms with Crippen LogP contribution in [-0.2, 0) is 4.74 Å². The lowest BCUT2D eigenvalue weighted by Gasteiger charge is -2.19. The van der Waals surface area contributed by atoms with Crippen molar-refractivity contribution in [3.05, 3.63) is 27.6 Å². The lowest BCUT2D eigenvalue weighted by Crippen LogP contribution is -2.24. The summed E-state index contributed by atoms with van der Waals surface area (Å²) < 4.78 is 6.07. The zero-order chi connectivity index (χ0) is 10.8. The van der Waals surface area contributed by atoms with Gasteiger partial charge in [-0.3, -0.25) is 4.98 Å². The molecule has 76 valence electrons. The highest BCUT2D eigenvalue weighted by atomic mass is 127. The van der Waals surface area contributed by atoms with Gasteiger partial charge in [0, 0.05) is 16.0 Å². The molecule has 1 rings (SSSR count). The number of carbonyl (C=O) groups excluding carboxylic acids is 1. The van der Waals surface area contributed by atoms with Crippen molar-refractivity contribution in [2.45, 2.75) is 26.4 Å². The molecule has 0 N–H and O–H groups in total. The van der Waals surface area contributed by atoms with E-state index >= 15 is 0 Å². The zero-order valence-electron chi connectivity index (χ0n) is 8.37. The van der Waals surface area contributed by atoms with E-state index in [1.165, 1.54) is 6.20 Å². The van der Waals surface area contributed by atoms with Crippen LogP contribution in [0.25, 0.3) is 0 Å². The number of pyridine rings is 1. The maximum Gasteiger partial charge on any atom is 0.341 e. The van der Waals surface area contributed by atoms with Crippen molar-refractivity contribution in [2.24, 2.45) is 0 Å². The molecule has 1 aromatic heterocycles. The van der Waals surface area contributed by atoms with Crippen LogP contribution in [0.1, 0.15) is 31.1 Å². The fourth-order valence-corrected chi connectivity index (χ4v) is 1.38. The number of rotatable bonds is 1. The maximum absolute atomic E-state index is 11.6. The smallest absolute Gasteiger partial charge is 0.341 e. The summed E-state index contributed by atoms with van der Waals surface area (Å²) in [6, 6.07) is 1.78. The monoisotopic (exact) mass is 305 g/mol. The topological polar surface area (TPSA) is 39.2 Å². The van der Waals surface area contributed by atoms with Crippen molar-refractivity contribution in [1.29, 1.82) is 0 Å².